The number of urea groups is 1. The van der Waals surface area contributed by atoms with Crippen molar-refractivity contribution in [1.29, 1.82) is 0 Å². The number of nitrogens with one attached hydrogen (secondary N) is 1. The number of aryl methyl sites for hydroxylation is 1. The third-order valence-electron chi connectivity index (χ3n) is 4.29. The van der Waals surface area contributed by atoms with Crippen molar-refractivity contribution in [3.8, 4) is 5.75 Å². The number of esters is 1. The minimum Gasteiger partial charge on any atom is -0.424 e. The first-order valence-electron chi connectivity index (χ1n) is 8.07. The number of benzene rings is 2. The monoisotopic (exact) mass is 390 g/mol. The number of hydrogen-bond acceptors (Lipinski definition) is 4. The topological polar surface area (TPSA) is 75.7 Å². The van der Waals surface area contributed by atoms with Gasteiger partial charge in [0.15, 0.2) is 0 Å². The Kier molecular flexibility index (Phi) is 4.89. The van der Waals surface area contributed by atoms with Gasteiger partial charge in [-0.25, -0.2) is 14.0 Å². The zero-order chi connectivity index (χ0) is 19.8. The van der Waals surface area contributed by atoms with Crippen molar-refractivity contribution in [3.05, 3.63) is 64.4 Å². The van der Waals surface area contributed by atoms with Crippen LogP contribution in [0.3, 0.4) is 0 Å². The molecular weight excluding hydrogens is 375 g/mol. The molecule has 0 saturated carbocycles. The summed E-state index contributed by atoms with van der Waals surface area (Å²) >= 11 is 5.98. The molecule has 2 aromatic rings. The first-order valence-corrected chi connectivity index (χ1v) is 8.45. The van der Waals surface area contributed by atoms with Gasteiger partial charge in [0, 0.05) is 0 Å². The number of hydrogen-bond donors (Lipinski definition) is 1. The van der Waals surface area contributed by atoms with Crippen molar-refractivity contribution in [2.45, 2.75) is 19.4 Å². The average molecular weight is 391 g/mol. The molecular formula is C19H16ClFN2O4. The number of imide groups is 1. The molecule has 6 nitrogen and oxygen atoms in total. The van der Waals surface area contributed by atoms with E-state index in [-0.39, 0.29) is 10.8 Å². The van der Waals surface area contributed by atoms with Crippen LogP contribution >= 0.6 is 11.6 Å². The van der Waals surface area contributed by atoms with Gasteiger partial charge in [-0.3, -0.25) is 9.69 Å². The third-order valence-corrected chi connectivity index (χ3v) is 4.61. The lowest BCUT2D eigenvalue weighted by atomic mass is 9.92. The Hall–Kier alpha value is -2.93. The molecule has 1 aliphatic rings. The number of rotatable bonds is 4. The van der Waals surface area contributed by atoms with Crippen LogP contribution in [0.25, 0.3) is 0 Å². The predicted molar refractivity (Wildman–Crippen MR) is 95.8 cm³/mol. The molecule has 2 aromatic carbocycles. The summed E-state index contributed by atoms with van der Waals surface area (Å²) in [5.74, 6) is -1.76. The molecule has 1 fully saturated rings. The van der Waals surface area contributed by atoms with E-state index in [1.165, 1.54) is 31.2 Å². The summed E-state index contributed by atoms with van der Waals surface area (Å²) in [6.45, 7) is 2.72. The molecule has 1 aliphatic heterocycles. The van der Waals surface area contributed by atoms with Crippen molar-refractivity contribution < 1.29 is 23.5 Å². The lowest BCUT2D eigenvalue weighted by Gasteiger charge is -2.22. The van der Waals surface area contributed by atoms with Gasteiger partial charge in [0.05, 0.1) is 5.02 Å². The molecule has 8 heteroatoms. The van der Waals surface area contributed by atoms with Crippen LogP contribution in [0.1, 0.15) is 18.1 Å². The molecule has 1 unspecified atom stereocenters. The van der Waals surface area contributed by atoms with E-state index in [9.17, 15) is 18.8 Å². The quantitative estimate of drug-likeness (QED) is 0.494. The van der Waals surface area contributed by atoms with E-state index in [4.69, 9.17) is 16.3 Å². The SMILES string of the molecule is Cc1ccc(Cl)c(OC(=O)CN2C(=O)NC(C)(c3ccc(F)cc3)C2=O)c1. The third kappa shape index (κ3) is 3.64. The van der Waals surface area contributed by atoms with Gasteiger partial charge in [-0.05, 0) is 49.2 Å². The largest absolute Gasteiger partial charge is 0.424 e. The Morgan fingerprint density at radius 2 is 1.89 bits per heavy atom. The van der Waals surface area contributed by atoms with Crippen molar-refractivity contribution in [2.75, 3.05) is 6.54 Å². The maximum Gasteiger partial charge on any atom is 0.331 e. The van der Waals surface area contributed by atoms with Gasteiger partial charge in [-0.1, -0.05) is 29.8 Å². The molecule has 0 radical (unpaired) electrons. The highest BCUT2D eigenvalue weighted by atomic mass is 35.5. The standard InChI is InChI=1S/C19H16ClFN2O4/c1-11-3-8-14(20)15(9-11)27-16(24)10-23-17(25)19(2,22-18(23)26)12-4-6-13(21)7-5-12/h3-9H,10H2,1-2H3,(H,22,26). The van der Waals surface area contributed by atoms with Gasteiger partial charge in [0.2, 0.25) is 0 Å². The summed E-state index contributed by atoms with van der Waals surface area (Å²) in [5.41, 5.74) is -0.160. The van der Waals surface area contributed by atoms with Crippen LogP contribution in [0.4, 0.5) is 9.18 Å². The van der Waals surface area contributed by atoms with Crippen molar-refractivity contribution in [3.63, 3.8) is 0 Å². The Morgan fingerprint density at radius 1 is 1.22 bits per heavy atom. The maximum atomic E-state index is 13.1. The van der Waals surface area contributed by atoms with Gasteiger partial charge in [0.1, 0.15) is 23.7 Å². The molecule has 140 valence electrons. The van der Waals surface area contributed by atoms with Crippen LogP contribution in [-0.2, 0) is 15.1 Å². The van der Waals surface area contributed by atoms with Gasteiger partial charge >= 0.3 is 12.0 Å². The second kappa shape index (κ2) is 7.00. The normalized spacial score (nSPS) is 19.2. The average Bonchev–Trinajstić information content (AvgIpc) is 2.83. The van der Waals surface area contributed by atoms with E-state index in [1.807, 2.05) is 0 Å². The fourth-order valence-electron chi connectivity index (χ4n) is 2.79. The lowest BCUT2D eigenvalue weighted by Crippen LogP contribution is -2.42. The van der Waals surface area contributed by atoms with E-state index in [2.05, 4.69) is 5.32 Å². The van der Waals surface area contributed by atoms with Gasteiger partial charge in [-0.15, -0.1) is 0 Å². The smallest absolute Gasteiger partial charge is 0.331 e. The number of nitrogens with zero attached hydrogens (tertiary/aromatic N) is 1. The van der Waals surface area contributed by atoms with E-state index >= 15 is 0 Å². The highest BCUT2D eigenvalue weighted by molar-refractivity contribution is 6.32. The Morgan fingerprint density at radius 3 is 2.56 bits per heavy atom. The van der Waals surface area contributed by atoms with Crippen LogP contribution in [0.2, 0.25) is 5.02 Å². The molecule has 0 spiro atoms. The summed E-state index contributed by atoms with van der Waals surface area (Å²) in [7, 11) is 0. The summed E-state index contributed by atoms with van der Waals surface area (Å²) in [4.78, 5) is 38.0. The molecule has 1 N–H and O–H groups in total. The van der Waals surface area contributed by atoms with Crippen LogP contribution in [0, 0.1) is 12.7 Å². The number of carbonyl (C=O) groups is 3. The first-order chi connectivity index (χ1) is 12.7. The Labute approximate surface area is 159 Å². The minimum absolute atomic E-state index is 0.148. The van der Waals surface area contributed by atoms with Crippen LogP contribution in [0.5, 0.6) is 5.75 Å². The second-order valence-corrected chi connectivity index (χ2v) is 6.77. The van der Waals surface area contributed by atoms with Crippen molar-refractivity contribution in [2.24, 2.45) is 0 Å². The zero-order valence-electron chi connectivity index (χ0n) is 14.6. The molecule has 27 heavy (non-hydrogen) atoms. The Balaban J connectivity index is 1.76. The Bertz CT molecular complexity index is 932. The van der Waals surface area contributed by atoms with Crippen LogP contribution < -0.4 is 10.1 Å². The number of amides is 3. The maximum absolute atomic E-state index is 13.1. The van der Waals surface area contributed by atoms with Crippen LogP contribution in [-0.4, -0.2) is 29.4 Å². The lowest BCUT2D eigenvalue weighted by molar-refractivity contribution is -0.140. The second-order valence-electron chi connectivity index (χ2n) is 6.36. The zero-order valence-corrected chi connectivity index (χ0v) is 15.3. The molecule has 1 heterocycles. The van der Waals surface area contributed by atoms with E-state index < -0.39 is 35.8 Å². The molecule has 3 amide bonds. The molecule has 3 rings (SSSR count). The summed E-state index contributed by atoms with van der Waals surface area (Å²) in [6.07, 6.45) is 0. The highest BCUT2D eigenvalue weighted by Gasteiger charge is 2.49. The first kappa shape index (κ1) is 18.8. The molecule has 1 saturated heterocycles. The van der Waals surface area contributed by atoms with Crippen LogP contribution in [0.15, 0.2) is 42.5 Å². The van der Waals surface area contributed by atoms with E-state index in [0.717, 1.165) is 10.5 Å². The fraction of sp³-hybridized carbons (Fsp3) is 0.211. The molecule has 0 aliphatic carbocycles. The van der Waals surface area contributed by atoms with E-state index in [1.54, 1.807) is 25.1 Å². The van der Waals surface area contributed by atoms with Gasteiger partial charge < -0.3 is 10.1 Å². The predicted octanol–water partition coefficient (Wildman–Crippen LogP) is 3.16. The number of ether oxygens (including phenoxy) is 1. The summed E-state index contributed by atoms with van der Waals surface area (Å²) < 4.78 is 18.3. The fourth-order valence-corrected chi connectivity index (χ4v) is 2.95. The van der Waals surface area contributed by atoms with Crippen molar-refractivity contribution in [1.82, 2.24) is 10.2 Å². The minimum atomic E-state index is -1.40. The number of carbonyl (C=O) groups excluding carboxylic acids is 3. The van der Waals surface area contributed by atoms with Crippen molar-refractivity contribution >= 4 is 29.5 Å². The van der Waals surface area contributed by atoms with E-state index in [0.29, 0.717) is 5.56 Å². The summed E-state index contributed by atoms with van der Waals surface area (Å²) in [6, 6.07) is 9.37. The number of halogens is 2. The molecule has 1 atom stereocenters. The van der Waals surface area contributed by atoms with Gasteiger partial charge in [0.25, 0.3) is 5.91 Å². The molecule has 0 bridgehead atoms. The highest BCUT2D eigenvalue weighted by Crippen LogP contribution is 2.29. The molecule has 0 aromatic heterocycles. The summed E-state index contributed by atoms with van der Waals surface area (Å²) in [5, 5.41) is 2.77. The van der Waals surface area contributed by atoms with Gasteiger partial charge in [-0.2, -0.15) is 0 Å².